The molecule has 8 nitrogen and oxygen atoms in total. The van der Waals surface area contributed by atoms with Gasteiger partial charge < -0.3 is 9.64 Å². The Kier molecular flexibility index (Phi) is 4.34. The van der Waals surface area contributed by atoms with E-state index in [0.29, 0.717) is 42.3 Å². The first-order chi connectivity index (χ1) is 13.2. The van der Waals surface area contributed by atoms with Crippen LogP contribution in [0, 0.1) is 11.3 Å². The molecule has 1 aliphatic rings. The van der Waals surface area contributed by atoms with Crippen LogP contribution in [-0.4, -0.2) is 44.4 Å². The standard InChI is InChI=1S/C19H18N6O2/c1-27-16-5-2-4-13(8-16)18-17(11-21-22-18)19(26)24-6-3-7-25-15(12-24)9-14(10-20)23-25/h2,4-5,8-9,11H,3,6-7,12H2,1H3,(H,21,22). The first-order valence-corrected chi connectivity index (χ1v) is 8.63. The number of amides is 1. The maximum absolute atomic E-state index is 13.2. The van der Waals surface area contributed by atoms with Crippen molar-refractivity contribution in [2.24, 2.45) is 0 Å². The molecule has 0 aliphatic carbocycles. The fourth-order valence-corrected chi connectivity index (χ4v) is 3.31. The lowest BCUT2D eigenvalue weighted by Gasteiger charge is -2.20. The summed E-state index contributed by atoms with van der Waals surface area (Å²) in [4.78, 5) is 15.0. The Morgan fingerprint density at radius 1 is 1.33 bits per heavy atom. The van der Waals surface area contributed by atoms with Gasteiger partial charge in [-0.15, -0.1) is 0 Å². The van der Waals surface area contributed by atoms with Gasteiger partial charge in [0.25, 0.3) is 5.91 Å². The number of benzene rings is 1. The highest BCUT2D eigenvalue weighted by atomic mass is 16.5. The SMILES string of the molecule is COc1cccc(-c2[nH]ncc2C(=O)N2CCCn3nc(C#N)cc3C2)c1. The minimum atomic E-state index is -0.102. The first-order valence-electron chi connectivity index (χ1n) is 8.63. The lowest BCUT2D eigenvalue weighted by Crippen LogP contribution is -2.30. The number of carbonyl (C=O) groups is 1. The summed E-state index contributed by atoms with van der Waals surface area (Å²) in [7, 11) is 1.61. The van der Waals surface area contributed by atoms with Crippen molar-refractivity contribution in [3.63, 3.8) is 0 Å². The average Bonchev–Trinajstić information content (AvgIpc) is 3.29. The molecule has 27 heavy (non-hydrogen) atoms. The molecule has 0 saturated carbocycles. The van der Waals surface area contributed by atoms with Gasteiger partial charge in [0.15, 0.2) is 5.69 Å². The number of aromatic nitrogens is 4. The van der Waals surface area contributed by atoms with E-state index < -0.39 is 0 Å². The summed E-state index contributed by atoms with van der Waals surface area (Å²) in [6.45, 7) is 1.72. The number of aryl methyl sites for hydroxylation is 1. The maximum Gasteiger partial charge on any atom is 0.258 e. The number of methoxy groups -OCH3 is 1. The molecule has 4 rings (SSSR count). The van der Waals surface area contributed by atoms with Crippen LogP contribution < -0.4 is 4.74 Å². The van der Waals surface area contributed by atoms with E-state index in [9.17, 15) is 4.79 Å². The Bertz CT molecular complexity index is 1030. The second-order valence-corrected chi connectivity index (χ2v) is 6.33. The number of nitrogens with one attached hydrogen (secondary N) is 1. The van der Waals surface area contributed by atoms with Crippen LogP contribution in [0.4, 0.5) is 0 Å². The molecule has 0 fully saturated rings. The molecular weight excluding hydrogens is 344 g/mol. The number of H-pyrrole nitrogens is 1. The van der Waals surface area contributed by atoms with Gasteiger partial charge in [0.1, 0.15) is 11.8 Å². The summed E-state index contributed by atoms with van der Waals surface area (Å²) in [5, 5.41) is 20.3. The van der Waals surface area contributed by atoms with Gasteiger partial charge in [-0.05, 0) is 24.6 Å². The van der Waals surface area contributed by atoms with Crippen molar-refractivity contribution < 1.29 is 9.53 Å². The van der Waals surface area contributed by atoms with Crippen molar-refractivity contribution in [2.45, 2.75) is 19.5 Å². The highest BCUT2D eigenvalue weighted by Gasteiger charge is 2.25. The number of nitriles is 1. The predicted octanol–water partition coefficient (Wildman–Crippen LogP) is 2.20. The average molecular weight is 362 g/mol. The van der Waals surface area contributed by atoms with Crippen LogP contribution in [0.3, 0.4) is 0 Å². The van der Waals surface area contributed by atoms with Gasteiger partial charge in [-0.25, -0.2) is 0 Å². The van der Waals surface area contributed by atoms with Crippen molar-refractivity contribution in [2.75, 3.05) is 13.7 Å². The highest BCUT2D eigenvalue weighted by molar-refractivity contribution is 5.99. The Balaban J connectivity index is 1.64. The molecule has 0 atom stereocenters. The minimum Gasteiger partial charge on any atom is -0.497 e. The molecule has 136 valence electrons. The van der Waals surface area contributed by atoms with Gasteiger partial charge >= 0.3 is 0 Å². The number of aromatic amines is 1. The van der Waals surface area contributed by atoms with Gasteiger partial charge in [0, 0.05) is 18.7 Å². The topological polar surface area (TPSA) is 99.8 Å². The molecule has 1 aromatic carbocycles. The number of hydrogen-bond donors (Lipinski definition) is 1. The van der Waals surface area contributed by atoms with Gasteiger partial charge in [0.2, 0.25) is 0 Å². The van der Waals surface area contributed by atoms with E-state index in [2.05, 4.69) is 21.4 Å². The van der Waals surface area contributed by atoms with E-state index in [1.807, 2.05) is 28.9 Å². The van der Waals surface area contributed by atoms with Crippen LogP contribution in [0.1, 0.15) is 28.2 Å². The second-order valence-electron chi connectivity index (χ2n) is 6.33. The van der Waals surface area contributed by atoms with Crippen molar-refractivity contribution in [3.8, 4) is 23.1 Å². The third-order valence-corrected chi connectivity index (χ3v) is 4.64. The number of rotatable bonds is 3. The van der Waals surface area contributed by atoms with Crippen LogP contribution in [0.5, 0.6) is 5.75 Å². The third kappa shape index (κ3) is 3.15. The number of carbonyl (C=O) groups excluding carboxylic acids is 1. The summed E-state index contributed by atoms with van der Waals surface area (Å²) in [6.07, 6.45) is 2.33. The van der Waals surface area contributed by atoms with Crippen LogP contribution in [-0.2, 0) is 13.1 Å². The quantitative estimate of drug-likeness (QED) is 0.770. The third-order valence-electron chi connectivity index (χ3n) is 4.64. The number of fused-ring (bicyclic) bond motifs is 1. The largest absolute Gasteiger partial charge is 0.497 e. The molecule has 0 bridgehead atoms. The Morgan fingerprint density at radius 3 is 3.04 bits per heavy atom. The monoisotopic (exact) mass is 362 g/mol. The summed E-state index contributed by atoms with van der Waals surface area (Å²) >= 11 is 0. The molecular formula is C19H18N6O2. The van der Waals surface area contributed by atoms with Gasteiger partial charge in [-0.1, -0.05) is 12.1 Å². The molecule has 3 heterocycles. The Morgan fingerprint density at radius 2 is 2.22 bits per heavy atom. The molecule has 8 heteroatoms. The zero-order valence-electron chi connectivity index (χ0n) is 14.8. The van der Waals surface area contributed by atoms with Gasteiger partial charge in [0.05, 0.1) is 36.8 Å². The molecule has 3 aromatic rings. The van der Waals surface area contributed by atoms with E-state index in [0.717, 1.165) is 17.7 Å². The van der Waals surface area contributed by atoms with Gasteiger partial charge in [-0.2, -0.15) is 15.5 Å². The summed E-state index contributed by atoms with van der Waals surface area (Å²) in [6, 6.07) is 11.3. The number of ether oxygens (including phenoxy) is 1. The minimum absolute atomic E-state index is 0.102. The smallest absolute Gasteiger partial charge is 0.258 e. The van der Waals surface area contributed by atoms with Crippen molar-refractivity contribution in [3.05, 3.63) is 53.5 Å². The fraction of sp³-hybridized carbons (Fsp3) is 0.263. The molecule has 0 spiro atoms. The lowest BCUT2D eigenvalue weighted by molar-refractivity contribution is 0.0746. The molecule has 0 radical (unpaired) electrons. The van der Waals surface area contributed by atoms with E-state index in [1.54, 1.807) is 24.3 Å². The van der Waals surface area contributed by atoms with Crippen LogP contribution in [0.2, 0.25) is 0 Å². The summed E-state index contributed by atoms with van der Waals surface area (Å²) in [5.41, 5.74) is 3.25. The van der Waals surface area contributed by atoms with E-state index in [-0.39, 0.29) is 5.91 Å². The Hall–Kier alpha value is -3.60. The zero-order valence-corrected chi connectivity index (χ0v) is 14.8. The van der Waals surface area contributed by atoms with Crippen LogP contribution >= 0.6 is 0 Å². The van der Waals surface area contributed by atoms with Gasteiger partial charge in [-0.3, -0.25) is 14.6 Å². The molecule has 1 amide bonds. The second kappa shape index (κ2) is 6.96. The van der Waals surface area contributed by atoms with Crippen molar-refractivity contribution in [1.29, 1.82) is 5.26 Å². The number of nitrogens with zero attached hydrogens (tertiary/aromatic N) is 5. The highest BCUT2D eigenvalue weighted by Crippen LogP contribution is 2.26. The number of hydrogen-bond acceptors (Lipinski definition) is 5. The van der Waals surface area contributed by atoms with E-state index >= 15 is 0 Å². The zero-order chi connectivity index (χ0) is 18.8. The summed E-state index contributed by atoms with van der Waals surface area (Å²) < 4.78 is 7.08. The van der Waals surface area contributed by atoms with Crippen LogP contribution in [0.15, 0.2) is 36.5 Å². The maximum atomic E-state index is 13.2. The molecule has 0 saturated heterocycles. The predicted molar refractivity (Wildman–Crippen MR) is 96.9 cm³/mol. The molecule has 1 aliphatic heterocycles. The molecule has 1 N–H and O–H groups in total. The molecule has 2 aromatic heterocycles. The summed E-state index contributed by atoms with van der Waals surface area (Å²) in [5.74, 6) is 0.609. The van der Waals surface area contributed by atoms with Crippen molar-refractivity contribution in [1.82, 2.24) is 24.9 Å². The van der Waals surface area contributed by atoms with Crippen LogP contribution in [0.25, 0.3) is 11.3 Å². The van der Waals surface area contributed by atoms with E-state index in [4.69, 9.17) is 10.00 Å². The molecule has 0 unspecified atom stereocenters. The Labute approximate surface area is 156 Å². The lowest BCUT2D eigenvalue weighted by atomic mass is 10.1. The fourth-order valence-electron chi connectivity index (χ4n) is 3.31. The first kappa shape index (κ1) is 16.8. The normalized spacial score (nSPS) is 13.6. The van der Waals surface area contributed by atoms with Crippen molar-refractivity contribution >= 4 is 5.91 Å². The van der Waals surface area contributed by atoms with E-state index in [1.165, 1.54) is 0 Å².